The number of ether oxygens (including phenoxy) is 3. The fraction of sp³-hybridized carbons (Fsp3) is 0.435. The van der Waals surface area contributed by atoms with Gasteiger partial charge in [0.25, 0.3) is 5.91 Å². The van der Waals surface area contributed by atoms with Crippen LogP contribution in [-0.4, -0.2) is 73.0 Å². The van der Waals surface area contributed by atoms with Gasteiger partial charge < -0.3 is 39.9 Å². The van der Waals surface area contributed by atoms with Gasteiger partial charge in [-0.1, -0.05) is 21.1 Å². The minimum absolute atomic E-state index is 0.0525. The van der Waals surface area contributed by atoms with E-state index in [0.717, 1.165) is 14.5 Å². The Kier molecular flexibility index (Phi) is 11.5. The van der Waals surface area contributed by atoms with Crippen LogP contribution in [-0.2, 0) is 30.3 Å². The number of amides is 2. The Morgan fingerprint density at radius 2 is 1.89 bits per heavy atom. The minimum Gasteiger partial charge on any atom is -0.495 e. The van der Waals surface area contributed by atoms with Gasteiger partial charge in [0.1, 0.15) is 24.4 Å². The molecule has 1 spiro atoms. The number of hydrogen-bond donors (Lipinski definition) is 4. The summed E-state index contributed by atoms with van der Waals surface area (Å²) in [5.41, 5.74) is 0.756. The first-order valence-electron chi connectivity index (χ1n) is 11.3. The summed E-state index contributed by atoms with van der Waals surface area (Å²) in [4.78, 5) is 29.2. The second-order valence-electron chi connectivity index (χ2n) is 8.09. The normalized spacial score (nSPS) is 20.7. The van der Waals surface area contributed by atoms with Gasteiger partial charge in [-0.25, -0.2) is 0 Å². The number of nitrogens with zero attached hydrogens (tertiary/aromatic N) is 1. The molecule has 1 aromatic rings. The van der Waals surface area contributed by atoms with Crippen molar-refractivity contribution in [1.29, 1.82) is 0 Å². The molecule has 2 aliphatic rings. The molecule has 1 aromatic carbocycles. The van der Waals surface area contributed by atoms with E-state index < -0.39 is 30.3 Å². The molecule has 0 aliphatic carbocycles. The topological polar surface area (TPSA) is 148 Å². The monoisotopic (exact) mass is 787 g/mol. The van der Waals surface area contributed by atoms with Crippen molar-refractivity contribution in [2.75, 3.05) is 33.4 Å². The third kappa shape index (κ3) is 7.50. The molecule has 2 amide bonds. The molecule has 208 valence electrons. The highest BCUT2D eigenvalue weighted by atomic mass is 79.9. The van der Waals surface area contributed by atoms with Crippen molar-refractivity contribution in [2.24, 2.45) is 5.16 Å². The molecule has 38 heavy (non-hydrogen) atoms. The van der Waals surface area contributed by atoms with E-state index in [1.807, 2.05) is 12.1 Å². The van der Waals surface area contributed by atoms with Crippen molar-refractivity contribution in [3.05, 3.63) is 47.6 Å². The Hall–Kier alpha value is -1.65. The molecule has 2 atom stereocenters. The first kappa shape index (κ1) is 30.9. The van der Waals surface area contributed by atoms with E-state index in [-0.39, 0.29) is 18.7 Å². The molecule has 15 heteroatoms. The van der Waals surface area contributed by atoms with Gasteiger partial charge in [-0.3, -0.25) is 9.59 Å². The van der Waals surface area contributed by atoms with Crippen LogP contribution < -0.4 is 15.4 Å². The van der Waals surface area contributed by atoms with Crippen molar-refractivity contribution in [3.63, 3.8) is 0 Å². The summed E-state index contributed by atoms with van der Waals surface area (Å²) < 4.78 is 19.3. The van der Waals surface area contributed by atoms with Crippen molar-refractivity contribution < 1.29 is 38.9 Å². The number of rotatable bonds is 11. The fourth-order valence-electron chi connectivity index (χ4n) is 3.53. The van der Waals surface area contributed by atoms with Gasteiger partial charge >= 0.3 is 5.79 Å². The van der Waals surface area contributed by atoms with Crippen LogP contribution in [0.4, 0.5) is 0 Å². The Morgan fingerprint density at radius 3 is 2.55 bits per heavy atom. The Morgan fingerprint density at radius 1 is 1.18 bits per heavy atom. The lowest BCUT2D eigenvalue weighted by molar-refractivity contribution is -0.225. The second-order valence-corrected chi connectivity index (χ2v) is 11.6. The quantitative estimate of drug-likeness (QED) is 0.250. The van der Waals surface area contributed by atoms with Crippen LogP contribution in [0.1, 0.15) is 18.4 Å². The maximum atomic E-state index is 12.7. The lowest BCUT2D eigenvalue weighted by Crippen LogP contribution is -2.49. The van der Waals surface area contributed by atoms with Gasteiger partial charge in [-0.2, -0.15) is 0 Å². The van der Waals surface area contributed by atoms with Crippen LogP contribution in [0.3, 0.4) is 0 Å². The first-order chi connectivity index (χ1) is 18.1. The zero-order valence-electron chi connectivity index (χ0n) is 20.1. The number of allylic oxidation sites excluding steroid dienone is 1. The predicted molar refractivity (Wildman–Crippen MR) is 152 cm³/mol. The SMILES string of the molecule is COC1=C(Br)C[C@]2(OC=C1Br)ON=C(C(=O)NCCCOc1c(Br)cc(CCNC(=O)CO)cc1Br)[C@@H]2O. The summed E-state index contributed by atoms with van der Waals surface area (Å²) in [5.74, 6) is -1.55. The highest BCUT2D eigenvalue weighted by Crippen LogP contribution is 2.41. The number of methoxy groups -OCH3 is 1. The average molecular weight is 791 g/mol. The van der Waals surface area contributed by atoms with Gasteiger partial charge in [0, 0.05) is 17.6 Å². The highest BCUT2D eigenvalue weighted by molar-refractivity contribution is 9.12. The molecule has 2 aliphatic heterocycles. The molecule has 11 nitrogen and oxygen atoms in total. The fourth-order valence-corrected chi connectivity index (χ4v) is 6.57. The zero-order valence-corrected chi connectivity index (χ0v) is 26.4. The van der Waals surface area contributed by atoms with Crippen LogP contribution in [0.2, 0.25) is 0 Å². The van der Waals surface area contributed by atoms with Crippen LogP contribution in [0.5, 0.6) is 5.75 Å². The third-order valence-electron chi connectivity index (χ3n) is 5.43. The van der Waals surface area contributed by atoms with Crippen LogP contribution >= 0.6 is 63.7 Å². The number of oxime groups is 1. The van der Waals surface area contributed by atoms with E-state index in [4.69, 9.17) is 24.2 Å². The predicted octanol–water partition coefficient (Wildman–Crippen LogP) is 3.10. The third-order valence-corrected chi connectivity index (χ3v) is 7.79. The van der Waals surface area contributed by atoms with Crippen molar-refractivity contribution in [1.82, 2.24) is 10.6 Å². The number of halogens is 4. The molecule has 0 radical (unpaired) electrons. The van der Waals surface area contributed by atoms with Crippen LogP contribution in [0.15, 0.2) is 47.2 Å². The van der Waals surface area contributed by atoms with Gasteiger partial charge in [0.05, 0.1) is 33.6 Å². The number of hydrogen-bond acceptors (Lipinski definition) is 9. The number of nitrogens with one attached hydrogen (secondary N) is 2. The second kappa shape index (κ2) is 14.1. The first-order valence-corrected chi connectivity index (χ1v) is 14.5. The van der Waals surface area contributed by atoms with E-state index in [9.17, 15) is 14.7 Å². The lowest BCUT2D eigenvalue weighted by atomic mass is 10.0. The summed E-state index contributed by atoms with van der Waals surface area (Å²) in [6, 6.07) is 3.77. The number of benzene rings is 1. The van der Waals surface area contributed by atoms with Gasteiger partial charge in [-0.05, 0) is 78.3 Å². The maximum Gasteiger partial charge on any atom is 0.311 e. The Labute approximate surface area is 252 Å². The van der Waals surface area contributed by atoms with E-state index in [0.29, 0.717) is 46.5 Å². The number of aliphatic hydroxyl groups excluding tert-OH is 2. The molecule has 0 saturated carbocycles. The zero-order chi connectivity index (χ0) is 27.9. The highest BCUT2D eigenvalue weighted by Gasteiger charge is 2.54. The van der Waals surface area contributed by atoms with Crippen molar-refractivity contribution in [2.45, 2.75) is 31.2 Å². The number of carbonyl (C=O) groups is 2. The van der Waals surface area contributed by atoms with E-state index in [1.54, 1.807) is 0 Å². The molecular formula is C23H25Br4N3O8. The molecular weight excluding hydrogens is 766 g/mol. The van der Waals surface area contributed by atoms with Crippen molar-refractivity contribution >= 4 is 81.2 Å². The van der Waals surface area contributed by atoms with E-state index in [2.05, 4.69) is 79.5 Å². The molecule has 0 saturated heterocycles. The molecule has 4 N–H and O–H groups in total. The van der Waals surface area contributed by atoms with Gasteiger partial charge in [0.2, 0.25) is 5.91 Å². The maximum absolute atomic E-state index is 12.7. The smallest absolute Gasteiger partial charge is 0.311 e. The largest absolute Gasteiger partial charge is 0.495 e. The van der Waals surface area contributed by atoms with Gasteiger partial charge in [0.15, 0.2) is 11.8 Å². The molecule has 2 heterocycles. The van der Waals surface area contributed by atoms with Crippen LogP contribution in [0.25, 0.3) is 0 Å². The van der Waals surface area contributed by atoms with Crippen LogP contribution in [0, 0.1) is 0 Å². The molecule has 0 aromatic heterocycles. The standard InChI is InChI=1S/C23H25Br4N3O8/c1-35-19-15(26)9-23(37-11-16(19)27)21(33)18(30-38-23)22(34)29-4-2-6-36-20-13(24)7-12(8-14(20)25)3-5-28-17(32)10-31/h7-8,11,21,31,33H,2-6,9-10H2,1H3,(H,28,32)(H,29,34)/t21-,23-/m0/s1. The van der Waals surface area contributed by atoms with E-state index in [1.165, 1.54) is 13.4 Å². The summed E-state index contributed by atoms with van der Waals surface area (Å²) in [7, 11) is 1.49. The summed E-state index contributed by atoms with van der Waals surface area (Å²) in [5, 5.41) is 28.7. The van der Waals surface area contributed by atoms with Gasteiger partial charge in [-0.15, -0.1) is 0 Å². The lowest BCUT2D eigenvalue weighted by Gasteiger charge is -2.27. The number of carbonyl (C=O) groups excluding carboxylic acids is 2. The van der Waals surface area contributed by atoms with E-state index >= 15 is 0 Å². The summed E-state index contributed by atoms with van der Waals surface area (Å²) in [6.45, 7) is 0.420. The Bertz CT molecular complexity index is 1140. The minimum atomic E-state index is -1.61. The molecule has 3 rings (SSSR count). The van der Waals surface area contributed by atoms with Crippen molar-refractivity contribution in [3.8, 4) is 5.75 Å². The molecule has 0 unspecified atom stereocenters. The average Bonchev–Trinajstić information content (AvgIpc) is 3.12. The summed E-state index contributed by atoms with van der Waals surface area (Å²) in [6.07, 6.45) is 0.988. The molecule has 0 fully saturated rings. The molecule has 0 bridgehead atoms. The summed E-state index contributed by atoms with van der Waals surface area (Å²) >= 11 is 13.7. The number of aliphatic hydroxyl groups is 2. The Balaban J connectivity index is 1.46.